The summed E-state index contributed by atoms with van der Waals surface area (Å²) in [5.74, 6) is 6.46. The van der Waals surface area contributed by atoms with Crippen LogP contribution >= 0.6 is 15.9 Å². The molecule has 0 amide bonds. The van der Waals surface area contributed by atoms with Crippen LogP contribution in [0.5, 0.6) is 5.75 Å². The van der Waals surface area contributed by atoms with Crippen LogP contribution in [0.2, 0.25) is 0 Å². The van der Waals surface area contributed by atoms with E-state index >= 15 is 0 Å². The summed E-state index contributed by atoms with van der Waals surface area (Å²) < 4.78 is 6.43. The highest BCUT2D eigenvalue weighted by atomic mass is 79.9. The van der Waals surface area contributed by atoms with Crippen LogP contribution in [0, 0.1) is 11.8 Å². The quantitative estimate of drug-likeness (QED) is 0.862. The molecule has 0 heterocycles. The zero-order chi connectivity index (χ0) is 12.0. The van der Waals surface area contributed by atoms with Gasteiger partial charge < -0.3 is 10.5 Å². The van der Waals surface area contributed by atoms with Crippen molar-refractivity contribution >= 4 is 15.9 Å². The fourth-order valence-electron chi connectivity index (χ4n) is 1.35. The molecule has 0 saturated carbocycles. The van der Waals surface area contributed by atoms with E-state index in [1.807, 2.05) is 25.1 Å². The lowest BCUT2D eigenvalue weighted by Crippen LogP contribution is -2.17. The summed E-state index contributed by atoms with van der Waals surface area (Å²) in [6, 6.07) is 6.18. The number of nitrogens with two attached hydrogens (primary N) is 1. The smallest absolute Gasteiger partial charge is 0.149 e. The lowest BCUT2D eigenvalue weighted by atomic mass is 10.1. The van der Waals surface area contributed by atoms with Gasteiger partial charge in [-0.05, 0) is 53.9 Å². The Morgan fingerprint density at radius 2 is 2.25 bits per heavy atom. The van der Waals surface area contributed by atoms with Crippen LogP contribution in [0.15, 0.2) is 22.7 Å². The molecular formula is C13H16BrNO. The van der Waals surface area contributed by atoms with Crippen molar-refractivity contribution in [3.8, 4) is 17.6 Å². The lowest BCUT2D eigenvalue weighted by Gasteiger charge is -2.09. The predicted molar refractivity (Wildman–Crippen MR) is 70.4 cm³/mol. The molecule has 0 aromatic heterocycles. The molecule has 1 aromatic carbocycles. The van der Waals surface area contributed by atoms with Gasteiger partial charge in [-0.15, -0.1) is 5.92 Å². The van der Waals surface area contributed by atoms with Gasteiger partial charge in [0, 0.05) is 6.04 Å². The molecule has 0 fully saturated rings. The Morgan fingerprint density at radius 3 is 2.81 bits per heavy atom. The summed E-state index contributed by atoms with van der Waals surface area (Å²) in [4.78, 5) is 0. The number of hydrogen-bond acceptors (Lipinski definition) is 2. The van der Waals surface area contributed by atoms with Crippen LogP contribution in [0.25, 0.3) is 0 Å². The van der Waals surface area contributed by atoms with Crippen molar-refractivity contribution in [2.24, 2.45) is 5.73 Å². The highest BCUT2D eigenvalue weighted by Crippen LogP contribution is 2.26. The molecule has 0 aliphatic carbocycles. The molecule has 2 nitrogen and oxygen atoms in total. The summed E-state index contributed by atoms with van der Waals surface area (Å²) in [6.45, 7) is 4.21. The molecule has 16 heavy (non-hydrogen) atoms. The first-order valence-corrected chi connectivity index (χ1v) is 5.99. The Morgan fingerprint density at radius 1 is 1.50 bits per heavy atom. The van der Waals surface area contributed by atoms with E-state index in [1.165, 1.54) is 5.56 Å². The van der Waals surface area contributed by atoms with Gasteiger partial charge in [0.1, 0.15) is 12.4 Å². The summed E-state index contributed by atoms with van der Waals surface area (Å²) >= 11 is 3.48. The van der Waals surface area contributed by atoms with E-state index in [0.717, 1.165) is 16.6 Å². The van der Waals surface area contributed by atoms with Gasteiger partial charge in [-0.25, -0.2) is 0 Å². The Hall–Kier alpha value is -0.980. The third-order valence-electron chi connectivity index (χ3n) is 2.03. The molecule has 0 spiro atoms. The lowest BCUT2D eigenvalue weighted by molar-refractivity contribution is 0.367. The van der Waals surface area contributed by atoms with Gasteiger partial charge in [-0.2, -0.15) is 0 Å². The minimum atomic E-state index is 0.171. The maximum Gasteiger partial charge on any atom is 0.149 e. The fourth-order valence-corrected chi connectivity index (χ4v) is 1.89. The topological polar surface area (TPSA) is 35.2 Å². The molecule has 0 radical (unpaired) electrons. The first-order chi connectivity index (χ1) is 7.63. The molecule has 1 atom stereocenters. The molecule has 0 aliphatic rings. The second kappa shape index (κ2) is 6.57. The van der Waals surface area contributed by atoms with Crippen LogP contribution in [0.3, 0.4) is 0 Å². The number of hydrogen-bond donors (Lipinski definition) is 1. The highest BCUT2D eigenvalue weighted by molar-refractivity contribution is 9.10. The number of rotatable bonds is 4. The summed E-state index contributed by atoms with van der Waals surface area (Å²) in [5.41, 5.74) is 6.95. The molecule has 3 heteroatoms. The van der Waals surface area contributed by atoms with Crippen LogP contribution in [-0.4, -0.2) is 12.6 Å². The van der Waals surface area contributed by atoms with Crippen molar-refractivity contribution in [1.82, 2.24) is 0 Å². The van der Waals surface area contributed by atoms with E-state index < -0.39 is 0 Å². The first kappa shape index (κ1) is 13.1. The minimum Gasteiger partial charge on any atom is -0.480 e. The Labute approximate surface area is 105 Å². The molecule has 1 rings (SSSR count). The van der Waals surface area contributed by atoms with Gasteiger partial charge in [0.25, 0.3) is 0 Å². The summed E-state index contributed by atoms with van der Waals surface area (Å²) in [7, 11) is 0. The van der Waals surface area contributed by atoms with Crippen molar-refractivity contribution < 1.29 is 4.74 Å². The fraction of sp³-hybridized carbons (Fsp3) is 0.385. The van der Waals surface area contributed by atoms with Crippen LogP contribution in [-0.2, 0) is 6.42 Å². The van der Waals surface area contributed by atoms with Gasteiger partial charge in [-0.1, -0.05) is 12.0 Å². The summed E-state index contributed by atoms with van der Waals surface area (Å²) in [6.07, 6.45) is 0.869. The largest absolute Gasteiger partial charge is 0.480 e. The third-order valence-corrected chi connectivity index (χ3v) is 2.65. The molecule has 0 saturated heterocycles. The monoisotopic (exact) mass is 281 g/mol. The molecular weight excluding hydrogens is 266 g/mol. The first-order valence-electron chi connectivity index (χ1n) is 5.20. The highest BCUT2D eigenvalue weighted by Gasteiger charge is 2.03. The number of halogens is 1. The van der Waals surface area contributed by atoms with Crippen molar-refractivity contribution in [2.75, 3.05) is 6.61 Å². The number of benzene rings is 1. The Kier molecular flexibility index (Phi) is 5.37. The maximum absolute atomic E-state index is 5.75. The average molecular weight is 282 g/mol. The third kappa shape index (κ3) is 4.26. The van der Waals surface area contributed by atoms with E-state index in [-0.39, 0.29) is 6.04 Å². The van der Waals surface area contributed by atoms with Crippen LogP contribution < -0.4 is 10.5 Å². The van der Waals surface area contributed by atoms with Crippen molar-refractivity contribution in [3.63, 3.8) is 0 Å². The van der Waals surface area contributed by atoms with Gasteiger partial charge in [0.05, 0.1) is 4.47 Å². The molecule has 86 valence electrons. The zero-order valence-corrected chi connectivity index (χ0v) is 11.2. The Balaban J connectivity index is 2.69. The molecule has 1 aromatic rings. The molecule has 0 aliphatic heterocycles. The van der Waals surface area contributed by atoms with Gasteiger partial charge >= 0.3 is 0 Å². The van der Waals surface area contributed by atoms with E-state index in [0.29, 0.717) is 6.61 Å². The minimum absolute atomic E-state index is 0.171. The molecule has 1 unspecified atom stereocenters. The normalized spacial score (nSPS) is 11.5. The standard InChI is InChI=1S/C13H16BrNO/c1-3-4-7-16-13-6-5-11(8-10(2)15)9-12(13)14/h5-6,9-10H,7-8,15H2,1-2H3. The summed E-state index contributed by atoms with van der Waals surface area (Å²) in [5, 5.41) is 0. The van der Waals surface area contributed by atoms with E-state index in [2.05, 4.69) is 27.8 Å². The second-order valence-electron chi connectivity index (χ2n) is 3.66. The average Bonchev–Trinajstić information content (AvgIpc) is 2.20. The van der Waals surface area contributed by atoms with Crippen molar-refractivity contribution in [1.29, 1.82) is 0 Å². The molecule has 2 N–H and O–H groups in total. The van der Waals surface area contributed by atoms with Gasteiger partial charge in [0.2, 0.25) is 0 Å². The van der Waals surface area contributed by atoms with Crippen molar-refractivity contribution in [3.05, 3.63) is 28.2 Å². The van der Waals surface area contributed by atoms with Gasteiger partial charge in [-0.3, -0.25) is 0 Å². The van der Waals surface area contributed by atoms with Crippen LogP contribution in [0.4, 0.5) is 0 Å². The van der Waals surface area contributed by atoms with E-state index in [9.17, 15) is 0 Å². The molecule has 0 bridgehead atoms. The van der Waals surface area contributed by atoms with Crippen molar-refractivity contribution in [2.45, 2.75) is 26.3 Å². The second-order valence-corrected chi connectivity index (χ2v) is 4.52. The predicted octanol–water partition coefficient (Wildman–Crippen LogP) is 2.74. The van der Waals surface area contributed by atoms with E-state index in [1.54, 1.807) is 6.92 Å². The Bertz CT molecular complexity index is 404. The zero-order valence-electron chi connectivity index (χ0n) is 9.59. The van der Waals surface area contributed by atoms with Crippen LogP contribution in [0.1, 0.15) is 19.4 Å². The van der Waals surface area contributed by atoms with Gasteiger partial charge in [0.15, 0.2) is 0 Å². The number of ether oxygens (including phenoxy) is 1. The SMILES string of the molecule is CC#CCOc1ccc(CC(C)N)cc1Br. The van der Waals surface area contributed by atoms with E-state index in [4.69, 9.17) is 10.5 Å². The maximum atomic E-state index is 5.75.